The van der Waals surface area contributed by atoms with Crippen LogP contribution in [0.1, 0.15) is 44.2 Å². The number of benzene rings is 1. The highest BCUT2D eigenvalue weighted by molar-refractivity contribution is 6.14. The molecule has 1 atom stereocenters. The third-order valence-electron chi connectivity index (χ3n) is 4.69. The number of hydrogen-bond acceptors (Lipinski definition) is 3. The van der Waals surface area contributed by atoms with E-state index in [4.69, 9.17) is 0 Å². The molecule has 0 aromatic heterocycles. The summed E-state index contributed by atoms with van der Waals surface area (Å²) < 4.78 is 26.8. The Kier molecular flexibility index (Phi) is 3.92. The summed E-state index contributed by atoms with van der Waals surface area (Å²) in [4.78, 5) is 24.7. The van der Waals surface area contributed by atoms with Gasteiger partial charge in [-0.1, -0.05) is 18.9 Å². The highest BCUT2D eigenvalue weighted by Crippen LogP contribution is 2.41. The van der Waals surface area contributed by atoms with E-state index in [9.17, 15) is 18.4 Å². The Morgan fingerprint density at radius 3 is 2.52 bits per heavy atom. The number of amides is 1. The molecular formula is C17H18F2N2O2. The molecule has 2 N–H and O–H groups in total. The molecule has 6 heteroatoms. The van der Waals surface area contributed by atoms with Gasteiger partial charge in [0.2, 0.25) is 5.91 Å². The minimum Gasteiger partial charge on any atom is -0.365 e. The van der Waals surface area contributed by atoms with Crippen LogP contribution in [0.4, 0.5) is 8.78 Å². The van der Waals surface area contributed by atoms with Gasteiger partial charge < -0.3 is 10.6 Å². The second kappa shape index (κ2) is 5.76. The summed E-state index contributed by atoms with van der Waals surface area (Å²) in [5, 5.41) is 5.61. The second-order valence-corrected chi connectivity index (χ2v) is 6.20. The fourth-order valence-electron chi connectivity index (χ4n) is 3.35. The Balaban J connectivity index is 1.78. The molecule has 1 aromatic rings. The molecule has 1 heterocycles. The summed E-state index contributed by atoms with van der Waals surface area (Å²) in [6, 6.07) is 2.80. The fraction of sp³-hybridized carbons (Fsp3) is 0.412. The summed E-state index contributed by atoms with van der Waals surface area (Å²) in [6.07, 6.45) is 4.26. The summed E-state index contributed by atoms with van der Waals surface area (Å²) in [7, 11) is 0. The van der Waals surface area contributed by atoms with Crippen molar-refractivity contribution in [3.63, 3.8) is 0 Å². The molecule has 1 fully saturated rings. The third kappa shape index (κ3) is 2.73. The molecule has 3 rings (SSSR count). The van der Waals surface area contributed by atoms with E-state index in [0.29, 0.717) is 12.8 Å². The Morgan fingerprint density at radius 2 is 1.91 bits per heavy atom. The normalized spacial score (nSPS) is 21.1. The monoisotopic (exact) mass is 320 g/mol. The standard InChI is InChI=1S/C17H18F2N2O2/c1-10(12-5-4-11(18)8-13(12)19)20-15-9-14(22)17(16(23)21-15)6-2-3-7-17/h4-5,8-10,20H,2-3,6-7H2,1H3,(H,21,23)/t10-/m1/s1. The molecule has 1 amide bonds. The highest BCUT2D eigenvalue weighted by Gasteiger charge is 2.49. The summed E-state index contributed by atoms with van der Waals surface area (Å²) >= 11 is 0. The minimum absolute atomic E-state index is 0.201. The van der Waals surface area contributed by atoms with E-state index < -0.39 is 23.1 Å². The largest absolute Gasteiger partial charge is 0.365 e. The Bertz CT molecular complexity index is 694. The van der Waals surface area contributed by atoms with E-state index in [2.05, 4.69) is 10.6 Å². The first kappa shape index (κ1) is 15.6. The molecule has 2 aliphatic rings. The summed E-state index contributed by atoms with van der Waals surface area (Å²) in [5.74, 6) is -1.56. The van der Waals surface area contributed by atoms with Crippen LogP contribution in [0.2, 0.25) is 0 Å². The summed E-state index contributed by atoms with van der Waals surface area (Å²) in [5.41, 5.74) is -0.662. The van der Waals surface area contributed by atoms with Crippen LogP contribution in [0, 0.1) is 17.0 Å². The molecular weight excluding hydrogens is 302 g/mol. The molecule has 4 nitrogen and oxygen atoms in total. The van der Waals surface area contributed by atoms with Crippen molar-refractivity contribution in [1.29, 1.82) is 0 Å². The van der Waals surface area contributed by atoms with Gasteiger partial charge in [-0.2, -0.15) is 0 Å². The molecule has 0 bridgehead atoms. The minimum atomic E-state index is -0.921. The molecule has 1 aliphatic heterocycles. The number of halogens is 2. The predicted molar refractivity (Wildman–Crippen MR) is 80.0 cm³/mol. The number of carbonyl (C=O) groups is 2. The quantitative estimate of drug-likeness (QED) is 0.842. The zero-order chi connectivity index (χ0) is 16.6. The van der Waals surface area contributed by atoms with Crippen LogP contribution in [-0.4, -0.2) is 11.7 Å². The van der Waals surface area contributed by atoms with E-state index in [1.807, 2.05) is 0 Å². The molecule has 1 aliphatic carbocycles. The maximum atomic E-state index is 13.8. The Hall–Kier alpha value is -2.24. The molecule has 0 saturated heterocycles. The van der Waals surface area contributed by atoms with Crippen molar-refractivity contribution >= 4 is 11.7 Å². The topological polar surface area (TPSA) is 58.2 Å². The molecule has 1 saturated carbocycles. The van der Waals surface area contributed by atoms with E-state index in [0.717, 1.165) is 18.9 Å². The second-order valence-electron chi connectivity index (χ2n) is 6.20. The van der Waals surface area contributed by atoms with E-state index in [-0.39, 0.29) is 23.1 Å². The van der Waals surface area contributed by atoms with Gasteiger partial charge in [0, 0.05) is 17.7 Å². The average Bonchev–Trinajstić information content (AvgIpc) is 2.96. The maximum Gasteiger partial charge on any atom is 0.239 e. The van der Waals surface area contributed by atoms with Crippen LogP contribution in [0.15, 0.2) is 30.1 Å². The van der Waals surface area contributed by atoms with Gasteiger partial charge in [-0.05, 0) is 25.8 Å². The number of hydrogen-bond donors (Lipinski definition) is 2. The van der Waals surface area contributed by atoms with Crippen molar-refractivity contribution in [3.8, 4) is 0 Å². The number of nitrogens with one attached hydrogen (secondary N) is 2. The molecule has 1 aromatic carbocycles. The lowest BCUT2D eigenvalue weighted by Crippen LogP contribution is -2.50. The zero-order valence-corrected chi connectivity index (χ0v) is 12.8. The van der Waals surface area contributed by atoms with E-state index in [1.54, 1.807) is 6.92 Å². The average molecular weight is 320 g/mol. The van der Waals surface area contributed by atoms with E-state index in [1.165, 1.54) is 18.2 Å². The van der Waals surface area contributed by atoms with Crippen LogP contribution in [0.3, 0.4) is 0 Å². The maximum absolute atomic E-state index is 13.8. The van der Waals surface area contributed by atoms with Crippen LogP contribution >= 0.6 is 0 Å². The van der Waals surface area contributed by atoms with Gasteiger partial charge in [0.25, 0.3) is 0 Å². The first-order valence-corrected chi connectivity index (χ1v) is 7.71. The number of carbonyl (C=O) groups excluding carboxylic acids is 2. The molecule has 1 spiro atoms. The Labute approximate surface area is 132 Å². The first-order chi connectivity index (χ1) is 10.9. The predicted octanol–water partition coefficient (Wildman–Crippen LogP) is 2.72. The van der Waals surface area contributed by atoms with Gasteiger partial charge in [0.15, 0.2) is 5.78 Å². The van der Waals surface area contributed by atoms with Gasteiger partial charge in [-0.15, -0.1) is 0 Å². The van der Waals surface area contributed by atoms with Gasteiger partial charge in [-0.25, -0.2) is 8.78 Å². The smallest absolute Gasteiger partial charge is 0.239 e. The number of rotatable bonds is 3. The zero-order valence-electron chi connectivity index (χ0n) is 12.8. The van der Waals surface area contributed by atoms with Crippen molar-refractivity contribution in [3.05, 3.63) is 47.3 Å². The van der Waals surface area contributed by atoms with Crippen LogP contribution in [0.5, 0.6) is 0 Å². The highest BCUT2D eigenvalue weighted by atomic mass is 19.1. The van der Waals surface area contributed by atoms with Crippen LogP contribution < -0.4 is 10.6 Å². The van der Waals surface area contributed by atoms with Crippen LogP contribution in [-0.2, 0) is 9.59 Å². The van der Waals surface area contributed by atoms with E-state index >= 15 is 0 Å². The Morgan fingerprint density at radius 1 is 1.22 bits per heavy atom. The van der Waals surface area contributed by atoms with Crippen molar-refractivity contribution in [1.82, 2.24) is 10.6 Å². The van der Waals surface area contributed by atoms with Gasteiger partial charge in [0.05, 0.1) is 6.04 Å². The lowest BCUT2D eigenvalue weighted by atomic mass is 9.79. The van der Waals surface area contributed by atoms with Crippen molar-refractivity contribution in [2.24, 2.45) is 5.41 Å². The van der Waals surface area contributed by atoms with Crippen molar-refractivity contribution < 1.29 is 18.4 Å². The summed E-state index contributed by atoms with van der Waals surface area (Å²) in [6.45, 7) is 1.67. The van der Waals surface area contributed by atoms with Crippen molar-refractivity contribution in [2.45, 2.75) is 38.6 Å². The molecule has 122 valence electrons. The lowest BCUT2D eigenvalue weighted by molar-refractivity contribution is -0.140. The van der Waals surface area contributed by atoms with Gasteiger partial charge in [0.1, 0.15) is 22.9 Å². The SMILES string of the molecule is C[C@@H](NC1=CC(=O)C2(CCCC2)C(=O)N1)c1ccc(F)cc1F. The number of allylic oxidation sites excluding steroid dienone is 1. The lowest BCUT2D eigenvalue weighted by Gasteiger charge is -2.31. The van der Waals surface area contributed by atoms with Gasteiger partial charge >= 0.3 is 0 Å². The first-order valence-electron chi connectivity index (χ1n) is 7.71. The molecule has 0 unspecified atom stereocenters. The van der Waals surface area contributed by atoms with Gasteiger partial charge in [-0.3, -0.25) is 9.59 Å². The van der Waals surface area contributed by atoms with Crippen LogP contribution in [0.25, 0.3) is 0 Å². The molecule has 23 heavy (non-hydrogen) atoms. The fourth-order valence-corrected chi connectivity index (χ4v) is 3.35. The van der Waals surface area contributed by atoms with Crippen molar-refractivity contribution in [2.75, 3.05) is 0 Å². The molecule has 0 radical (unpaired) electrons. The third-order valence-corrected chi connectivity index (χ3v) is 4.69. The number of ketones is 1.